The second-order valence-corrected chi connectivity index (χ2v) is 7.25. The third kappa shape index (κ3) is 4.34. The fourth-order valence-corrected chi connectivity index (χ4v) is 3.82. The number of nitrogens with zero attached hydrogens (tertiary/aromatic N) is 2. The highest BCUT2D eigenvalue weighted by Gasteiger charge is 2.24. The minimum Gasteiger partial charge on any atom is -0.325 e. The smallest absolute Gasteiger partial charge is 0.233 e. The minimum absolute atomic E-state index is 0.0557. The van der Waals surface area contributed by atoms with E-state index >= 15 is 0 Å². The Morgan fingerprint density at radius 2 is 1.81 bits per heavy atom. The monoisotopic (exact) mass is 359 g/mol. The molecular weight excluding hydrogens is 334 g/mol. The van der Waals surface area contributed by atoms with E-state index in [-0.39, 0.29) is 11.8 Å². The quantitative estimate of drug-likeness (QED) is 0.732. The Labute approximate surface area is 160 Å². The van der Waals surface area contributed by atoms with E-state index in [0.29, 0.717) is 0 Å². The van der Waals surface area contributed by atoms with Crippen LogP contribution in [0.3, 0.4) is 0 Å². The van der Waals surface area contributed by atoms with Crippen molar-refractivity contribution < 1.29 is 4.79 Å². The molecule has 1 fully saturated rings. The SMILES string of the molecule is O=C(Nc1ccc2cnccc2c1)[C@H](CN1CCCCC1)c1ccccc1. The number of carbonyl (C=O) groups is 1. The van der Waals surface area contributed by atoms with Crippen LogP contribution in [0, 0.1) is 0 Å². The number of rotatable bonds is 5. The van der Waals surface area contributed by atoms with Crippen LogP contribution in [0.5, 0.6) is 0 Å². The first-order valence-corrected chi connectivity index (χ1v) is 9.71. The molecule has 1 saturated heterocycles. The van der Waals surface area contributed by atoms with E-state index in [0.717, 1.165) is 41.7 Å². The number of nitrogens with one attached hydrogen (secondary N) is 1. The Kier molecular flexibility index (Phi) is 5.45. The van der Waals surface area contributed by atoms with Gasteiger partial charge in [0.05, 0.1) is 5.92 Å². The molecule has 0 saturated carbocycles. The number of carbonyl (C=O) groups excluding carboxylic acids is 1. The van der Waals surface area contributed by atoms with E-state index in [1.54, 1.807) is 6.20 Å². The number of pyridine rings is 1. The zero-order valence-electron chi connectivity index (χ0n) is 15.5. The summed E-state index contributed by atoms with van der Waals surface area (Å²) in [5, 5.41) is 5.29. The molecule has 1 N–H and O–H groups in total. The van der Waals surface area contributed by atoms with Crippen LogP contribution in [0.4, 0.5) is 5.69 Å². The van der Waals surface area contributed by atoms with Gasteiger partial charge in [0.1, 0.15) is 0 Å². The summed E-state index contributed by atoms with van der Waals surface area (Å²) in [6, 6.07) is 18.1. The maximum absolute atomic E-state index is 13.2. The van der Waals surface area contributed by atoms with Crippen molar-refractivity contribution in [1.29, 1.82) is 0 Å². The highest BCUT2D eigenvalue weighted by molar-refractivity contribution is 5.98. The summed E-state index contributed by atoms with van der Waals surface area (Å²) in [6.45, 7) is 2.94. The van der Waals surface area contributed by atoms with E-state index in [9.17, 15) is 4.79 Å². The van der Waals surface area contributed by atoms with Gasteiger partial charge in [0.25, 0.3) is 0 Å². The van der Waals surface area contributed by atoms with E-state index < -0.39 is 0 Å². The lowest BCUT2D eigenvalue weighted by Gasteiger charge is -2.30. The van der Waals surface area contributed by atoms with Crippen molar-refractivity contribution in [3.8, 4) is 0 Å². The summed E-state index contributed by atoms with van der Waals surface area (Å²) in [7, 11) is 0. The molecule has 4 heteroatoms. The average Bonchev–Trinajstić information content (AvgIpc) is 2.73. The Bertz CT molecular complexity index is 904. The molecule has 0 radical (unpaired) electrons. The molecule has 0 unspecified atom stereocenters. The van der Waals surface area contributed by atoms with Crippen molar-refractivity contribution in [1.82, 2.24) is 9.88 Å². The van der Waals surface area contributed by atoms with Gasteiger partial charge in [-0.1, -0.05) is 42.8 Å². The Balaban J connectivity index is 1.55. The molecule has 2 aromatic carbocycles. The topological polar surface area (TPSA) is 45.2 Å². The molecule has 1 aliphatic rings. The molecule has 3 aromatic rings. The van der Waals surface area contributed by atoms with Crippen molar-refractivity contribution in [2.24, 2.45) is 0 Å². The van der Waals surface area contributed by atoms with Crippen LogP contribution in [0.2, 0.25) is 0 Å². The summed E-state index contributed by atoms with van der Waals surface area (Å²) in [5.41, 5.74) is 1.91. The van der Waals surface area contributed by atoms with Crippen LogP contribution < -0.4 is 5.32 Å². The number of amides is 1. The maximum Gasteiger partial charge on any atom is 0.233 e. The van der Waals surface area contributed by atoms with Gasteiger partial charge in [-0.05, 0) is 55.1 Å². The summed E-state index contributed by atoms with van der Waals surface area (Å²) in [4.78, 5) is 19.7. The van der Waals surface area contributed by atoms with Crippen molar-refractivity contribution >= 4 is 22.4 Å². The van der Waals surface area contributed by atoms with Gasteiger partial charge >= 0.3 is 0 Å². The standard InChI is InChI=1S/C23H25N3O/c27-23(25-21-10-9-20-16-24-12-11-19(20)15-21)22(18-7-3-1-4-8-18)17-26-13-5-2-6-14-26/h1,3-4,7-12,15-16,22H,2,5-6,13-14,17H2,(H,25,27)/t22-/m1/s1. The minimum atomic E-state index is -0.169. The number of aromatic nitrogens is 1. The number of likely N-dealkylation sites (tertiary alicyclic amines) is 1. The molecule has 4 rings (SSSR count). The van der Waals surface area contributed by atoms with Crippen molar-refractivity contribution in [2.75, 3.05) is 25.0 Å². The molecule has 0 bridgehead atoms. The van der Waals surface area contributed by atoms with Gasteiger partial charge in [-0.15, -0.1) is 0 Å². The van der Waals surface area contributed by atoms with Crippen LogP contribution in [0.25, 0.3) is 10.8 Å². The lowest BCUT2D eigenvalue weighted by Crippen LogP contribution is -2.37. The van der Waals surface area contributed by atoms with Crippen LogP contribution in [-0.2, 0) is 4.79 Å². The summed E-state index contributed by atoms with van der Waals surface area (Å²) >= 11 is 0. The summed E-state index contributed by atoms with van der Waals surface area (Å²) < 4.78 is 0. The van der Waals surface area contributed by atoms with Crippen molar-refractivity contribution in [3.05, 3.63) is 72.6 Å². The maximum atomic E-state index is 13.2. The van der Waals surface area contributed by atoms with Gasteiger partial charge in [-0.3, -0.25) is 9.78 Å². The van der Waals surface area contributed by atoms with Crippen molar-refractivity contribution in [2.45, 2.75) is 25.2 Å². The predicted octanol–water partition coefficient (Wildman–Crippen LogP) is 4.44. The van der Waals surface area contributed by atoms with Gasteiger partial charge < -0.3 is 10.2 Å². The molecule has 2 heterocycles. The first kappa shape index (κ1) is 17.7. The molecule has 1 aliphatic heterocycles. The number of piperidine rings is 1. The fourth-order valence-electron chi connectivity index (χ4n) is 3.82. The fraction of sp³-hybridized carbons (Fsp3) is 0.304. The van der Waals surface area contributed by atoms with Crippen molar-refractivity contribution in [3.63, 3.8) is 0 Å². The van der Waals surface area contributed by atoms with Crippen LogP contribution >= 0.6 is 0 Å². The predicted molar refractivity (Wildman–Crippen MR) is 110 cm³/mol. The van der Waals surface area contributed by atoms with Gasteiger partial charge in [0.2, 0.25) is 5.91 Å². The van der Waals surface area contributed by atoms with Crippen LogP contribution in [0.1, 0.15) is 30.7 Å². The normalized spacial score (nSPS) is 16.1. The summed E-state index contributed by atoms with van der Waals surface area (Å²) in [6.07, 6.45) is 7.36. The van der Waals surface area contributed by atoms with Crippen LogP contribution in [-0.4, -0.2) is 35.4 Å². The lowest BCUT2D eigenvalue weighted by molar-refractivity contribution is -0.118. The van der Waals surface area contributed by atoms with E-state index in [2.05, 4.69) is 27.3 Å². The average molecular weight is 359 g/mol. The van der Waals surface area contributed by atoms with Gasteiger partial charge in [-0.2, -0.15) is 0 Å². The second-order valence-electron chi connectivity index (χ2n) is 7.25. The highest BCUT2D eigenvalue weighted by Crippen LogP contribution is 2.23. The number of hydrogen-bond donors (Lipinski definition) is 1. The number of anilines is 1. The molecule has 138 valence electrons. The molecule has 4 nitrogen and oxygen atoms in total. The molecule has 0 aliphatic carbocycles. The third-order valence-electron chi connectivity index (χ3n) is 5.32. The van der Waals surface area contributed by atoms with Gasteiger partial charge in [0.15, 0.2) is 0 Å². The largest absolute Gasteiger partial charge is 0.325 e. The Hall–Kier alpha value is -2.72. The molecule has 0 spiro atoms. The van der Waals surface area contributed by atoms with Crippen LogP contribution in [0.15, 0.2) is 67.0 Å². The first-order valence-electron chi connectivity index (χ1n) is 9.71. The summed E-state index contributed by atoms with van der Waals surface area (Å²) in [5.74, 6) is -0.113. The first-order chi connectivity index (χ1) is 13.3. The Morgan fingerprint density at radius 1 is 1.00 bits per heavy atom. The zero-order chi connectivity index (χ0) is 18.5. The molecule has 1 amide bonds. The molecule has 1 aromatic heterocycles. The van der Waals surface area contributed by atoms with E-state index in [1.165, 1.54) is 19.3 Å². The van der Waals surface area contributed by atoms with Gasteiger partial charge in [-0.25, -0.2) is 0 Å². The highest BCUT2D eigenvalue weighted by atomic mass is 16.1. The second kappa shape index (κ2) is 8.31. The number of hydrogen-bond acceptors (Lipinski definition) is 3. The molecule has 1 atom stereocenters. The molecular formula is C23H25N3O. The van der Waals surface area contributed by atoms with Gasteiger partial charge in [0, 0.05) is 30.0 Å². The number of fused-ring (bicyclic) bond motifs is 1. The van der Waals surface area contributed by atoms with E-state index in [1.807, 2.05) is 48.7 Å². The third-order valence-corrected chi connectivity index (χ3v) is 5.32. The lowest BCUT2D eigenvalue weighted by atomic mass is 9.96. The zero-order valence-corrected chi connectivity index (χ0v) is 15.5. The molecule has 27 heavy (non-hydrogen) atoms. The number of benzene rings is 2. The Morgan fingerprint density at radius 3 is 2.63 bits per heavy atom. The van der Waals surface area contributed by atoms with E-state index in [4.69, 9.17) is 0 Å².